The van der Waals surface area contributed by atoms with Crippen LogP contribution in [0.25, 0.3) is 11.3 Å². The number of anilines is 1. The summed E-state index contributed by atoms with van der Waals surface area (Å²) in [5.74, 6) is -0.0642. The summed E-state index contributed by atoms with van der Waals surface area (Å²) in [5.41, 5.74) is 3.82. The molecular weight excluding hydrogens is 534 g/mol. The molecule has 4 N–H and O–H groups in total. The number of aliphatic hydroxyl groups excluding tert-OH is 1. The largest absolute Gasteiger partial charge is 0.462 e. The Bertz CT molecular complexity index is 1370. The maximum atomic E-state index is 16.0. The minimum absolute atomic E-state index is 0.0952. The van der Waals surface area contributed by atoms with E-state index in [9.17, 15) is 14.5 Å². The first kappa shape index (κ1) is 28.8. The van der Waals surface area contributed by atoms with Crippen molar-refractivity contribution in [3.63, 3.8) is 0 Å². The van der Waals surface area contributed by atoms with Crippen molar-refractivity contribution in [2.24, 2.45) is 0 Å². The summed E-state index contributed by atoms with van der Waals surface area (Å²) in [6, 6.07) is 7.06. The number of halogens is 1. The quantitative estimate of drug-likeness (QED) is 0.242. The Kier molecular flexibility index (Phi) is 8.24. The van der Waals surface area contributed by atoms with Gasteiger partial charge in [0.15, 0.2) is 23.2 Å². The number of benzene rings is 1. The molecule has 4 rings (SSSR count). The number of ether oxygens (including phenoxy) is 2. The molecule has 2 aromatic heterocycles. The summed E-state index contributed by atoms with van der Waals surface area (Å²) in [6.45, 7) is 7.00. The number of hydrogen-bond acceptors (Lipinski definition) is 11. The number of aryl methyl sites for hydroxylation is 1. The number of nitrogen functional groups attached to an aromatic ring is 1. The van der Waals surface area contributed by atoms with E-state index in [1.54, 1.807) is 51.1 Å². The molecule has 3 heterocycles. The SMILES string of the molecule is Cc1nc2ncc(N)nc2n1[C@@H]1O[C@H](COP(=O)(N[C@@H](C)C(=O)OC(C)C)Oc2ccccc2)[C@@H](O)[C@@]1(C)F. The number of imidazole rings is 1. The van der Waals surface area contributed by atoms with Crippen molar-refractivity contribution in [3.05, 3.63) is 42.4 Å². The number of aliphatic hydroxyl groups is 1. The summed E-state index contributed by atoms with van der Waals surface area (Å²) in [4.78, 5) is 24.9. The Hall–Kier alpha value is -3.16. The van der Waals surface area contributed by atoms with Crippen molar-refractivity contribution in [1.29, 1.82) is 0 Å². The molecule has 1 unspecified atom stereocenters. The molecule has 0 amide bonds. The predicted octanol–water partition coefficient (Wildman–Crippen LogP) is 2.84. The zero-order valence-corrected chi connectivity index (χ0v) is 23.0. The highest BCUT2D eigenvalue weighted by molar-refractivity contribution is 7.52. The first-order chi connectivity index (χ1) is 18.3. The second-order valence-electron chi connectivity index (χ2n) is 9.63. The molecule has 212 valence electrons. The number of aromatic nitrogens is 4. The average molecular weight is 567 g/mol. The Labute approximate surface area is 224 Å². The van der Waals surface area contributed by atoms with Gasteiger partial charge in [0, 0.05) is 0 Å². The van der Waals surface area contributed by atoms with Crippen LogP contribution in [0, 0.1) is 6.92 Å². The molecular formula is C24H32FN6O7P. The van der Waals surface area contributed by atoms with Gasteiger partial charge in [0.25, 0.3) is 0 Å². The van der Waals surface area contributed by atoms with Crippen LogP contribution >= 0.6 is 7.75 Å². The number of nitrogens with zero attached hydrogens (tertiary/aromatic N) is 4. The Morgan fingerprint density at radius 3 is 2.67 bits per heavy atom. The van der Waals surface area contributed by atoms with Crippen LogP contribution in [-0.2, 0) is 23.4 Å². The van der Waals surface area contributed by atoms with E-state index >= 15 is 4.39 Å². The first-order valence-electron chi connectivity index (χ1n) is 12.3. The van der Waals surface area contributed by atoms with Crippen LogP contribution in [-0.4, -0.2) is 67.2 Å². The van der Waals surface area contributed by atoms with Crippen molar-refractivity contribution >= 4 is 30.8 Å². The lowest BCUT2D eigenvalue weighted by Crippen LogP contribution is -2.41. The van der Waals surface area contributed by atoms with Gasteiger partial charge in [-0.25, -0.2) is 23.9 Å². The topological polar surface area (TPSA) is 173 Å². The fraction of sp³-hybridized carbons (Fsp3) is 0.500. The highest BCUT2D eigenvalue weighted by Gasteiger charge is 2.56. The maximum absolute atomic E-state index is 16.0. The van der Waals surface area contributed by atoms with Gasteiger partial charge >= 0.3 is 13.7 Å². The Morgan fingerprint density at radius 2 is 2.00 bits per heavy atom. The van der Waals surface area contributed by atoms with Gasteiger partial charge < -0.3 is 24.8 Å². The molecule has 1 aliphatic rings. The van der Waals surface area contributed by atoms with E-state index < -0.39 is 56.6 Å². The number of esters is 1. The van der Waals surface area contributed by atoms with E-state index in [0.717, 1.165) is 6.92 Å². The molecule has 0 radical (unpaired) electrons. The van der Waals surface area contributed by atoms with Crippen molar-refractivity contribution in [3.8, 4) is 5.75 Å². The number of carbonyl (C=O) groups is 1. The van der Waals surface area contributed by atoms with Gasteiger partial charge in [-0.2, -0.15) is 5.09 Å². The fourth-order valence-electron chi connectivity index (χ4n) is 4.10. The lowest BCUT2D eigenvalue weighted by molar-refractivity contribution is -0.149. The standard InChI is InChI=1S/C24H32FN6O7P/c1-13(2)36-22(33)14(3)30-39(34,38-16-9-7-6-8-10-16)35-12-17-19(32)24(5,25)23(37-17)31-15(4)28-20-21(31)29-18(26)11-27-20/h6-11,13-14,17,19,23,32H,12H2,1-5H3,(H2,26,29)(H,30,34)/t14-,17+,19+,23+,24+,39?/m0/s1. The van der Waals surface area contributed by atoms with E-state index in [1.165, 1.54) is 17.7 Å². The highest BCUT2D eigenvalue weighted by atomic mass is 31.2. The number of nitrogens with two attached hydrogens (primary N) is 1. The first-order valence-corrected chi connectivity index (χ1v) is 13.8. The van der Waals surface area contributed by atoms with Gasteiger partial charge in [-0.1, -0.05) is 18.2 Å². The monoisotopic (exact) mass is 566 g/mol. The molecule has 3 aromatic rings. The smallest absolute Gasteiger partial charge is 0.459 e. The summed E-state index contributed by atoms with van der Waals surface area (Å²) < 4.78 is 53.3. The zero-order valence-electron chi connectivity index (χ0n) is 22.1. The minimum Gasteiger partial charge on any atom is -0.462 e. The zero-order chi connectivity index (χ0) is 28.5. The van der Waals surface area contributed by atoms with Crippen molar-refractivity contribution in [1.82, 2.24) is 24.6 Å². The number of nitrogens with one attached hydrogen (secondary N) is 1. The summed E-state index contributed by atoms with van der Waals surface area (Å²) >= 11 is 0. The number of para-hydroxylation sites is 1. The summed E-state index contributed by atoms with van der Waals surface area (Å²) in [5, 5.41) is 13.4. The van der Waals surface area contributed by atoms with Crippen LogP contribution in [0.5, 0.6) is 5.75 Å². The van der Waals surface area contributed by atoms with Crippen molar-refractivity contribution in [2.45, 2.75) is 70.9 Å². The Balaban J connectivity index is 1.56. The molecule has 1 saturated heterocycles. The van der Waals surface area contributed by atoms with Crippen LogP contribution < -0.4 is 15.3 Å². The van der Waals surface area contributed by atoms with Crippen LogP contribution in [0.2, 0.25) is 0 Å². The number of rotatable bonds is 10. The third-order valence-electron chi connectivity index (χ3n) is 5.98. The highest BCUT2D eigenvalue weighted by Crippen LogP contribution is 2.48. The normalized spacial score (nSPS) is 25.5. The molecule has 0 bridgehead atoms. The third-order valence-corrected chi connectivity index (χ3v) is 7.63. The molecule has 0 spiro atoms. The molecule has 6 atom stereocenters. The van der Waals surface area contributed by atoms with E-state index in [4.69, 9.17) is 24.3 Å². The van der Waals surface area contributed by atoms with Crippen LogP contribution in [0.15, 0.2) is 36.5 Å². The van der Waals surface area contributed by atoms with E-state index in [1.807, 2.05) is 0 Å². The summed E-state index contributed by atoms with van der Waals surface area (Å²) in [6.07, 6.45) is -3.46. The maximum Gasteiger partial charge on any atom is 0.459 e. The van der Waals surface area contributed by atoms with E-state index in [2.05, 4.69) is 20.0 Å². The predicted molar refractivity (Wildman–Crippen MR) is 138 cm³/mol. The van der Waals surface area contributed by atoms with Gasteiger partial charge in [-0.3, -0.25) is 13.9 Å². The number of alkyl halides is 1. The molecule has 1 fully saturated rings. The molecule has 1 aromatic carbocycles. The number of carbonyl (C=O) groups excluding carboxylic acids is 1. The molecule has 0 saturated carbocycles. The van der Waals surface area contributed by atoms with Crippen LogP contribution in [0.3, 0.4) is 0 Å². The van der Waals surface area contributed by atoms with Gasteiger partial charge in [0.05, 0.1) is 18.9 Å². The minimum atomic E-state index is -4.27. The fourth-order valence-corrected chi connectivity index (χ4v) is 5.60. The van der Waals surface area contributed by atoms with Crippen LogP contribution in [0.1, 0.15) is 39.7 Å². The lowest BCUT2D eigenvalue weighted by atomic mass is 9.98. The molecule has 15 heteroatoms. The van der Waals surface area contributed by atoms with Crippen molar-refractivity contribution in [2.75, 3.05) is 12.3 Å². The van der Waals surface area contributed by atoms with Crippen molar-refractivity contribution < 1.29 is 37.4 Å². The van der Waals surface area contributed by atoms with E-state index in [0.29, 0.717) is 5.82 Å². The summed E-state index contributed by atoms with van der Waals surface area (Å²) in [7, 11) is -4.27. The Morgan fingerprint density at radius 1 is 1.31 bits per heavy atom. The number of hydrogen-bond donors (Lipinski definition) is 3. The van der Waals surface area contributed by atoms with E-state index in [-0.39, 0.29) is 22.9 Å². The number of fused-ring (bicyclic) bond motifs is 1. The van der Waals surface area contributed by atoms with Gasteiger partial charge in [0.1, 0.15) is 35.6 Å². The third kappa shape index (κ3) is 6.20. The molecule has 39 heavy (non-hydrogen) atoms. The van der Waals surface area contributed by atoms with Gasteiger partial charge in [0.2, 0.25) is 0 Å². The lowest BCUT2D eigenvalue weighted by Gasteiger charge is -2.26. The molecule has 1 aliphatic heterocycles. The second-order valence-corrected chi connectivity index (χ2v) is 11.3. The van der Waals surface area contributed by atoms with Gasteiger partial charge in [-0.05, 0) is 46.8 Å². The average Bonchev–Trinajstić information content (AvgIpc) is 3.29. The molecule has 13 nitrogen and oxygen atoms in total. The van der Waals surface area contributed by atoms with Crippen LogP contribution in [0.4, 0.5) is 10.2 Å². The molecule has 0 aliphatic carbocycles. The second kappa shape index (κ2) is 11.1. The van der Waals surface area contributed by atoms with Gasteiger partial charge in [-0.15, -0.1) is 0 Å².